The molecule has 0 aromatic heterocycles. The number of para-hydroxylation sites is 2. The summed E-state index contributed by atoms with van der Waals surface area (Å²) >= 11 is 0. The zero-order valence-electron chi connectivity index (χ0n) is 9.86. The molecule has 1 aromatic carbocycles. The van der Waals surface area contributed by atoms with Crippen LogP contribution in [0.25, 0.3) is 0 Å². The van der Waals surface area contributed by atoms with Crippen molar-refractivity contribution >= 4 is 17.5 Å². The fourth-order valence-electron chi connectivity index (χ4n) is 1.21. The second-order valence-electron chi connectivity index (χ2n) is 3.40. The van der Waals surface area contributed by atoms with Crippen molar-refractivity contribution in [2.24, 2.45) is 5.73 Å². The van der Waals surface area contributed by atoms with Crippen molar-refractivity contribution in [2.75, 3.05) is 18.4 Å². The van der Waals surface area contributed by atoms with Crippen LogP contribution in [0.2, 0.25) is 0 Å². The quantitative estimate of drug-likeness (QED) is 0.695. The van der Waals surface area contributed by atoms with Gasteiger partial charge in [-0.15, -0.1) is 0 Å². The Bertz CT molecular complexity index is 455. The first-order valence-corrected chi connectivity index (χ1v) is 5.33. The number of benzene rings is 1. The van der Waals surface area contributed by atoms with Crippen LogP contribution in [-0.2, 0) is 9.59 Å². The van der Waals surface area contributed by atoms with Crippen molar-refractivity contribution in [3.05, 3.63) is 24.3 Å². The fourth-order valence-corrected chi connectivity index (χ4v) is 1.21. The lowest BCUT2D eigenvalue weighted by atomic mass is 10.3. The zero-order chi connectivity index (χ0) is 14.3. The Morgan fingerprint density at radius 2 is 1.95 bits per heavy atom. The van der Waals surface area contributed by atoms with Gasteiger partial charge < -0.3 is 21.1 Å². The van der Waals surface area contributed by atoms with Crippen LogP contribution in [0.5, 0.6) is 5.75 Å². The van der Waals surface area contributed by atoms with E-state index in [1.165, 1.54) is 18.2 Å². The number of anilines is 1. The number of carbonyl (C=O) groups excluding carboxylic acids is 2. The Morgan fingerprint density at radius 1 is 1.26 bits per heavy atom. The minimum absolute atomic E-state index is 0.0924. The number of hydrogen-bond acceptors (Lipinski definition) is 4. The molecular formula is C11H13F2N3O3. The molecule has 0 bridgehead atoms. The van der Waals surface area contributed by atoms with Crippen molar-refractivity contribution in [1.82, 2.24) is 5.32 Å². The third-order valence-electron chi connectivity index (χ3n) is 2.01. The number of amides is 2. The second kappa shape index (κ2) is 7.27. The van der Waals surface area contributed by atoms with Crippen LogP contribution in [0.3, 0.4) is 0 Å². The average Bonchev–Trinajstić information content (AvgIpc) is 2.37. The van der Waals surface area contributed by atoms with Crippen molar-refractivity contribution in [3.63, 3.8) is 0 Å². The summed E-state index contributed by atoms with van der Waals surface area (Å²) < 4.78 is 28.5. The van der Waals surface area contributed by atoms with Gasteiger partial charge in [0.15, 0.2) is 0 Å². The minimum atomic E-state index is -2.99. The molecule has 0 aliphatic carbocycles. The number of ether oxygens (including phenoxy) is 1. The van der Waals surface area contributed by atoms with Crippen molar-refractivity contribution in [2.45, 2.75) is 6.61 Å². The summed E-state index contributed by atoms with van der Waals surface area (Å²) in [5, 5.41) is 4.59. The van der Waals surface area contributed by atoms with Gasteiger partial charge in [-0.1, -0.05) is 12.1 Å². The van der Waals surface area contributed by atoms with E-state index in [0.29, 0.717) is 0 Å². The molecule has 1 rings (SSSR count). The van der Waals surface area contributed by atoms with Gasteiger partial charge >= 0.3 is 6.61 Å². The lowest BCUT2D eigenvalue weighted by Gasteiger charge is -2.11. The van der Waals surface area contributed by atoms with E-state index in [1.807, 2.05) is 0 Å². The summed E-state index contributed by atoms with van der Waals surface area (Å²) in [6.07, 6.45) is 0. The Morgan fingerprint density at radius 3 is 2.58 bits per heavy atom. The highest BCUT2D eigenvalue weighted by molar-refractivity contribution is 5.95. The first-order valence-electron chi connectivity index (χ1n) is 5.33. The lowest BCUT2D eigenvalue weighted by Crippen LogP contribution is -2.36. The summed E-state index contributed by atoms with van der Waals surface area (Å²) in [7, 11) is 0. The van der Waals surface area contributed by atoms with E-state index in [-0.39, 0.29) is 24.5 Å². The van der Waals surface area contributed by atoms with Crippen LogP contribution in [0.4, 0.5) is 14.5 Å². The van der Waals surface area contributed by atoms with E-state index in [0.717, 1.165) is 0 Å². The molecule has 0 heterocycles. The topological polar surface area (TPSA) is 93.5 Å². The predicted molar refractivity (Wildman–Crippen MR) is 63.8 cm³/mol. The van der Waals surface area contributed by atoms with Gasteiger partial charge in [0.1, 0.15) is 5.75 Å². The van der Waals surface area contributed by atoms with Gasteiger partial charge in [0.05, 0.1) is 18.8 Å². The molecule has 0 radical (unpaired) electrons. The molecular weight excluding hydrogens is 260 g/mol. The smallest absolute Gasteiger partial charge is 0.387 e. The molecule has 8 heteroatoms. The SMILES string of the molecule is NCC(=O)NCC(=O)Nc1ccccc1OC(F)F. The highest BCUT2D eigenvalue weighted by Gasteiger charge is 2.11. The van der Waals surface area contributed by atoms with E-state index in [9.17, 15) is 18.4 Å². The van der Waals surface area contributed by atoms with Crippen LogP contribution in [0, 0.1) is 0 Å². The summed E-state index contributed by atoms with van der Waals surface area (Å²) in [5.41, 5.74) is 5.14. The predicted octanol–water partition coefficient (Wildman–Crippen LogP) is 0.301. The molecule has 19 heavy (non-hydrogen) atoms. The monoisotopic (exact) mass is 273 g/mol. The summed E-state index contributed by atoms with van der Waals surface area (Å²) in [6, 6.07) is 5.73. The summed E-state index contributed by atoms with van der Waals surface area (Å²) in [5.74, 6) is -1.23. The number of nitrogens with one attached hydrogen (secondary N) is 2. The molecule has 104 valence electrons. The molecule has 0 unspecified atom stereocenters. The third-order valence-corrected chi connectivity index (χ3v) is 2.01. The average molecular weight is 273 g/mol. The maximum Gasteiger partial charge on any atom is 0.387 e. The maximum atomic E-state index is 12.1. The third kappa shape index (κ3) is 5.30. The molecule has 0 atom stereocenters. The molecule has 6 nitrogen and oxygen atoms in total. The molecule has 0 saturated heterocycles. The van der Waals surface area contributed by atoms with E-state index in [2.05, 4.69) is 15.4 Å². The number of hydrogen-bond donors (Lipinski definition) is 3. The lowest BCUT2D eigenvalue weighted by molar-refractivity contribution is -0.123. The molecule has 0 aliphatic heterocycles. The Balaban J connectivity index is 2.61. The zero-order valence-corrected chi connectivity index (χ0v) is 9.86. The molecule has 2 amide bonds. The Labute approximate surface area is 107 Å². The molecule has 0 saturated carbocycles. The van der Waals surface area contributed by atoms with Gasteiger partial charge in [-0.2, -0.15) is 8.78 Å². The van der Waals surface area contributed by atoms with E-state index in [1.54, 1.807) is 6.07 Å². The number of rotatable bonds is 6. The number of alkyl halides is 2. The van der Waals surface area contributed by atoms with Crippen molar-refractivity contribution in [3.8, 4) is 5.75 Å². The Kier molecular flexibility index (Phi) is 5.68. The van der Waals surface area contributed by atoms with E-state index < -0.39 is 18.4 Å². The molecule has 0 fully saturated rings. The second-order valence-corrected chi connectivity index (χ2v) is 3.40. The number of nitrogens with two attached hydrogens (primary N) is 1. The minimum Gasteiger partial charge on any atom is -0.433 e. The number of halogens is 2. The van der Waals surface area contributed by atoms with Crippen LogP contribution < -0.4 is 21.1 Å². The Hall–Kier alpha value is -2.22. The van der Waals surface area contributed by atoms with Crippen LogP contribution in [-0.4, -0.2) is 31.5 Å². The molecule has 4 N–H and O–H groups in total. The fraction of sp³-hybridized carbons (Fsp3) is 0.273. The largest absolute Gasteiger partial charge is 0.433 e. The van der Waals surface area contributed by atoms with Crippen LogP contribution in [0.1, 0.15) is 0 Å². The normalized spacial score (nSPS) is 10.1. The molecule has 0 aliphatic rings. The van der Waals surface area contributed by atoms with Crippen molar-refractivity contribution < 1.29 is 23.1 Å². The van der Waals surface area contributed by atoms with Crippen LogP contribution >= 0.6 is 0 Å². The van der Waals surface area contributed by atoms with Gasteiger partial charge in [0.25, 0.3) is 0 Å². The van der Waals surface area contributed by atoms with E-state index in [4.69, 9.17) is 5.73 Å². The van der Waals surface area contributed by atoms with Gasteiger partial charge in [0.2, 0.25) is 11.8 Å². The highest BCUT2D eigenvalue weighted by atomic mass is 19.3. The standard InChI is InChI=1S/C11H13F2N3O3/c12-11(13)19-8-4-2-1-3-7(8)16-10(18)6-15-9(17)5-14/h1-4,11H,5-6,14H2,(H,15,17)(H,16,18). The van der Waals surface area contributed by atoms with Gasteiger partial charge in [0, 0.05) is 0 Å². The first-order chi connectivity index (χ1) is 9.02. The number of carbonyl (C=O) groups is 2. The summed E-state index contributed by atoms with van der Waals surface area (Å²) in [4.78, 5) is 22.3. The molecule has 1 aromatic rings. The van der Waals surface area contributed by atoms with E-state index >= 15 is 0 Å². The van der Waals surface area contributed by atoms with Crippen LogP contribution in [0.15, 0.2) is 24.3 Å². The van der Waals surface area contributed by atoms with Gasteiger partial charge in [-0.25, -0.2) is 0 Å². The van der Waals surface area contributed by atoms with Gasteiger partial charge in [-0.05, 0) is 12.1 Å². The van der Waals surface area contributed by atoms with Gasteiger partial charge in [-0.3, -0.25) is 9.59 Å². The molecule has 0 spiro atoms. The first kappa shape index (κ1) is 14.8. The maximum absolute atomic E-state index is 12.1. The highest BCUT2D eigenvalue weighted by Crippen LogP contribution is 2.25. The van der Waals surface area contributed by atoms with Crippen molar-refractivity contribution in [1.29, 1.82) is 0 Å². The summed E-state index contributed by atoms with van der Waals surface area (Å²) in [6.45, 7) is -3.53.